The van der Waals surface area contributed by atoms with Crippen LogP contribution in [-0.2, 0) is 16.1 Å². The summed E-state index contributed by atoms with van der Waals surface area (Å²) in [5.74, 6) is 3.60. The molecular weight excluding hydrogens is 238 g/mol. The molecule has 94 valence electrons. The van der Waals surface area contributed by atoms with Crippen LogP contribution in [0.5, 0.6) is 0 Å². The number of benzene rings is 1. The second kappa shape index (κ2) is 6.37. The molecular formula is C12H11NO5. The summed E-state index contributed by atoms with van der Waals surface area (Å²) in [7, 11) is 0. The van der Waals surface area contributed by atoms with Crippen molar-refractivity contribution < 1.29 is 19.6 Å². The number of aliphatic hydroxyl groups excluding tert-OH is 1. The van der Waals surface area contributed by atoms with Gasteiger partial charge >= 0.3 is 5.97 Å². The van der Waals surface area contributed by atoms with Crippen LogP contribution in [0.25, 0.3) is 0 Å². The van der Waals surface area contributed by atoms with Gasteiger partial charge in [-0.3, -0.25) is 10.1 Å². The van der Waals surface area contributed by atoms with Gasteiger partial charge in [0.25, 0.3) is 5.69 Å². The summed E-state index contributed by atoms with van der Waals surface area (Å²) in [5, 5.41) is 19.2. The molecule has 0 heterocycles. The summed E-state index contributed by atoms with van der Waals surface area (Å²) >= 11 is 0. The number of esters is 1. The van der Waals surface area contributed by atoms with Gasteiger partial charge in [-0.05, 0) is 24.6 Å². The van der Waals surface area contributed by atoms with Gasteiger partial charge in [0.15, 0.2) is 0 Å². The predicted molar refractivity (Wildman–Crippen MR) is 62.3 cm³/mol. The van der Waals surface area contributed by atoms with E-state index < -0.39 is 17.0 Å². The van der Waals surface area contributed by atoms with Crippen molar-refractivity contribution in [2.24, 2.45) is 0 Å². The average Bonchev–Trinajstić information content (AvgIpc) is 2.34. The Balaban J connectivity index is 2.52. The van der Waals surface area contributed by atoms with E-state index in [1.807, 2.05) is 0 Å². The number of nitro groups is 1. The SMILES string of the molecule is C[C@H](O)C#CC(=O)OCc1ccc([N+](=O)[O-])cc1. The highest BCUT2D eigenvalue weighted by molar-refractivity contribution is 5.88. The third kappa shape index (κ3) is 4.63. The second-order valence-corrected chi connectivity index (χ2v) is 3.45. The summed E-state index contributed by atoms with van der Waals surface area (Å²) in [4.78, 5) is 21.0. The molecule has 0 saturated heterocycles. The van der Waals surface area contributed by atoms with Gasteiger partial charge in [-0.15, -0.1) is 0 Å². The minimum absolute atomic E-state index is 0.0225. The van der Waals surface area contributed by atoms with Crippen molar-refractivity contribution in [1.29, 1.82) is 0 Å². The second-order valence-electron chi connectivity index (χ2n) is 3.45. The van der Waals surface area contributed by atoms with Crippen molar-refractivity contribution in [2.75, 3.05) is 0 Å². The molecule has 1 atom stereocenters. The molecule has 0 radical (unpaired) electrons. The van der Waals surface area contributed by atoms with Gasteiger partial charge in [0.05, 0.1) is 4.92 Å². The smallest absolute Gasteiger partial charge is 0.384 e. The first kappa shape index (κ1) is 13.7. The molecule has 0 aliphatic rings. The van der Waals surface area contributed by atoms with Gasteiger partial charge in [0, 0.05) is 18.1 Å². The first-order chi connectivity index (χ1) is 8.49. The Hall–Kier alpha value is -2.39. The van der Waals surface area contributed by atoms with Gasteiger partial charge in [-0.1, -0.05) is 5.92 Å². The standard InChI is InChI=1S/C12H11NO5/c1-9(14)2-7-12(15)18-8-10-3-5-11(6-4-10)13(16)17/h3-6,9,14H,8H2,1H3/t9-/m0/s1. The third-order valence-corrected chi connectivity index (χ3v) is 1.90. The van der Waals surface area contributed by atoms with Crippen molar-refractivity contribution in [1.82, 2.24) is 0 Å². The lowest BCUT2D eigenvalue weighted by atomic mass is 10.2. The lowest BCUT2D eigenvalue weighted by Gasteiger charge is -2.00. The largest absolute Gasteiger partial charge is 0.451 e. The molecule has 6 heteroatoms. The van der Waals surface area contributed by atoms with Gasteiger partial charge in [0.1, 0.15) is 12.7 Å². The van der Waals surface area contributed by atoms with E-state index in [0.29, 0.717) is 5.56 Å². The molecule has 0 aromatic heterocycles. The number of nitro benzene ring substituents is 1. The number of hydrogen-bond donors (Lipinski definition) is 1. The van der Waals surface area contributed by atoms with Gasteiger partial charge in [-0.25, -0.2) is 4.79 Å². The summed E-state index contributed by atoms with van der Waals surface area (Å²) in [6, 6.07) is 5.64. The predicted octanol–water partition coefficient (Wildman–Crippen LogP) is 1.02. The van der Waals surface area contributed by atoms with E-state index in [0.717, 1.165) is 0 Å². The van der Waals surface area contributed by atoms with Gasteiger partial charge in [0.2, 0.25) is 0 Å². The highest BCUT2D eigenvalue weighted by atomic mass is 16.6. The Morgan fingerprint density at radius 3 is 2.61 bits per heavy atom. The maximum atomic E-state index is 11.1. The van der Waals surface area contributed by atoms with Crippen molar-refractivity contribution in [3.05, 3.63) is 39.9 Å². The molecule has 0 saturated carbocycles. The fourth-order valence-electron chi connectivity index (χ4n) is 1.06. The van der Waals surface area contributed by atoms with E-state index in [-0.39, 0.29) is 12.3 Å². The number of non-ortho nitro benzene ring substituents is 1. The van der Waals surface area contributed by atoms with E-state index in [4.69, 9.17) is 9.84 Å². The van der Waals surface area contributed by atoms with Crippen molar-refractivity contribution in [2.45, 2.75) is 19.6 Å². The van der Waals surface area contributed by atoms with E-state index in [9.17, 15) is 14.9 Å². The van der Waals surface area contributed by atoms with Gasteiger partial charge in [-0.2, -0.15) is 0 Å². The first-order valence-electron chi connectivity index (χ1n) is 5.08. The molecule has 0 amide bonds. The fourth-order valence-corrected chi connectivity index (χ4v) is 1.06. The summed E-state index contributed by atoms with van der Waals surface area (Å²) in [6.45, 7) is 1.40. The number of nitrogens with zero attached hydrogens (tertiary/aromatic N) is 1. The maximum absolute atomic E-state index is 11.1. The minimum atomic E-state index is -0.892. The molecule has 1 rings (SSSR count). The van der Waals surface area contributed by atoms with Crippen LogP contribution in [0, 0.1) is 22.0 Å². The summed E-state index contributed by atoms with van der Waals surface area (Å²) in [5.41, 5.74) is 0.590. The monoisotopic (exact) mass is 249 g/mol. The number of hydrogen-bond acceptors (Lipinski definition) is 5. The number of ether oxygens (including phenoxy) is 1. The Labute approximate surface area is 103 Å². The van der Waals surface area contributed by atoms with Crippen LogP contribution < -0.4 is 0 Å². The molecule has 18 heavy (non-hydrogen) atoms. The average molecular weight is 249 g/mol. The molecule has 0 unspecified atom stereocenters. The van der Waals surface area contributed by atoms with Crippen LogP contribution in [0.15, 0.2) is 24.3 Å². The molecule has 0 aliphatic heterocycles. The highest BCUT2D eigenvalue weighted by Gasteiger charge is 2.05. The molecule has 1 aromatic carbocycles. The topological polar surface area (TPSA) is 89.7 Å². The van der Waals surface area contributed by atoms with E-state index in [1.54, 1.807) is 0 Å². The van der Waals surface area contributed by atoms with Crippen molar-refractivity contribution in [3.8, 4) is 11.8 Å². The zero-order valence-electron chi connectivity index (χ0n) is 9.62. The van der Waals surface area contributed by atoms with E-state index in [2.05, 4.69) is 11.8 Å². The molecule has 0 bridgehead atoms. The Kier molecular flexibility index (Phi) is 4.84. The normalized spacial score (nSPS) is 11.0. The van der Waals surface area contributed by atoms with Crippen LogP contribution in [-0.4, -0.2) is 22.1 Å². The zero-order chi connectivity index (χ0) is 13.5. The number of carbonyl (C=O) groups is 1. The zero-order valence-corrected chi connectivity index (χ0v) is 9.62. The summed E-state index contributed by atoms with van der Waals surface area (Å²) in [6.07, 6.45) is -0.892. The highest BCUT2D eigenvalue weighted by Crippen LogP contribution is 2.12. The van der Waals surface area contributed by atoms with Gasteiger partial charge < -0.3 is 9.84 Å². The van der Waals surface area contributed by atoms with Crippen LogP contribution in [0.3, 0.4) is 0 Å². The number of rotatable bonds is 3. The first-order valence-corrected chi connectivity index (χ1v) is 5.08. The maximum Gasteiger partial charge on any atom is 0.384 e. The quantitative estimate of drug-likeness (QED) is 0.284. The van der Waals surface area contributed by atoms with Crippen LogP contribution in [0.4, 0.5) is 5.69 Å². The van der Waals surface area contributed by atoms with E-state index >= 15 is 0 Å². The lowest BCUT2D eigenvalue weighted by Crippen LogP contribution is -2.03. The molecule has 0 fully saturated rings. The molecule has 1 aromatic rings. The fraction of sp³-hybridized carbons (Fsp3) is 0.250. The minimum Gasteiger partial charge on any atom is -0.451 e. The number of aliphatic hydroxyl groups is 1. The van der Waals surface area contributed by atoms with Crippen molar-refractivity contribution >= 4 is 11.7 Å². The number of carbonyl (C=O) groups excluding carboxylic acids is 1. The Morgan fingerprint density at radius 2 is 2.11 bits per heavy atom. The molecule has 1 N–H and O–H groups in total. The van der Waals surface area contributed by atoms with Crippen LogP contribution in [0.1, 0.15) is 12.5 Å². The molecule has 0 aliphatic carbocycles. The van der Waals surface area contributed by atoms with Crippen molar-refractivity contribution in [3.63, 3.8) is 0 Å². The van der Waals surface area contributed by atoms with Crippen LogP contribution in [0.2, 0.25) is 0 Å². The van der Waals surface area contributed by atoms with E-state index in [1.165, 1.54) is 31.2 Å². The summed E-state index contributed by atoms with van der Waals surface area (Å²) < 4.78 is 4.79. The third-order valence-electron chi connectivity index (χ3n) is 1.90. The van der Waals surface area contributed by atoms with Crippen LogP contribution >= 0.6 is 0 Å². The molecule has 6 nitrogen and oxygen atoms in total. The molecule has 0 spiro atoms. The lowest BCUT2D eigenvalue weighted by molar-refractivity contribution is -0.384. The Bertz CT molecular complexity index is 495. The Morgan fingerprint density at radius 1 is 1.50 bits per heavy atom.